The summed E-state index contributed by atoms with van der Waals surface area (Å²) >= 11 is 0. The third kappa shape index (κ3) is 5.63. The van der Waals surface area contributed by atoms with Crippen LogP contribution < -0.4 is 35.8 Å². The predicted octanol–water partition coefficient (Wildman–Crippen LogP) is 3.08. The van der Waals surface area contributed by atoms with Gasteiger partial charge in [0.25, 0.3) is 5.56 Å². The van der Waals surface area contributed by atoms with E-state index in [4.69, 9.17) is 14.2 Å². The maximum Gasteiger partial charge on any atom is 0.250 e. The second-order valence-corrected chi connectivity index (χ2v) is 11.9. The van der Waals surface area contributed by atoms with E-state index in [-0.39, 0.29) is 46.9 Å². The van der Waals surface area contributed by atoms with Crippen LogP contribution in [0.15, 0.2) is 52.1 Å². The van der Waals surface area contributed by atoms with Gasteiger partial charge in [-0.05, 0) is 66.1 Å². The number of hydrogen-bond donors (Lipinski definition) is 2. The van der Waals surface area contributed by atoms with Crippen LogP contribution in [0.5, 0.6) is 17.2 Å². The van der Waals surface area contributed by atoms with Crippen LogP contribution in [0.2, 0.25) is 0 Å². The Bertz CT molecular complexity index is 1790. The molecule has 45 heavy (non-hydrogen) atoms. The smallest absolute Gasteiger partial charge is 0.250 e. The maximum absolute atomic E-state index is 13.6. The molecular formula is C34H38N4O7. The summed E-state index contributed by atoms with van der Waals surface area (Å²) < 4.78 is 18.9. The number of anilines is 1. The van der Waals surface area contributed by atoms with Crippen LogP contribution in [-0.4, -0.2) is 62.2 Å². The highest BCUT2D eigenvalue weighted by atomic mass is 16.5. The predicted molar refractivity (Wildman–Crippen MR) is 169 cm³/mol. The molecule has 0 radical (unpaired) electrons. The van der Waals surface area contributed by atoms with Crippen LogP contribution >= 0.6 is 0 Å². The summed E-state index contributed by atoms with van der Waals surface area (Å²) in [6.45, 7) is 3.10. The van der Waals surface area contributed by atoms with Gasteiger partial charge in [-0.15, -0.1) is 0 Å². The number of amides is 2. The first-order valence-electron chi connectivity index (χ1n) is 15.2. The number of rotatable bonds is 7. The Morgan fingerprint density at radius 1 is 0.956 bits per heavy atom. The Morgan fingerprint density at radius 3 is 2.49 bits per heavy atom. The molecule has 11 nitrogen and oxygen atoms in total. The zero-order valence-corrected chi connectivity index (χ0v) is 26.0. The van der Waals surface area contributed by atoms with E-state index in [0.29, 0.717) is 60.9 Å². The van der Waals surface area contributed by atoms with E-state index < -0.39 is 6.04 Å². The molecule has 0 spiro atoms. The van der Waals surface area contributed by atoms with Gasteiger partial charge >= 0.3 is 0 Å². The minimum Gasteiger partial charge on any atom is -0.493 e. The first-order valence-corrected chi connectivity index (χ1v) is 15.2. The topological polar surface area (TPSA) is 128 Å². The molecular weight excluding hydrogens is 576 g/mol. The van der Waals surface area contributed by atoms with E-state index in [2.05, 4.69) is 10.6 Å². The quantitative estimate of drug-likeness (QED) is 0.416. The fraction of sp³-hybridized carbons (Fsp3) is 0.412. The Balaban J connectivity index is 1.32. The molecule has 236 valence electrons. The molecule has 2 N–H and O–H groups in total. The second kappa shape index (κ2) is 12.3. The molecule has 6 rings (SSSR count). The highest BCUT2D eigenvalue weighted by molar-refractivity contribution is 5.84. The van der Waals surface area contributed by atoms with Gasteiger partial charge in [-0.1, -0.05) is 12.1 Å². The highest BCUT2D eigenvalue weighted by Crippen LogP contribution is 2.50. The summed E-state index contributed by atoms with van der Waals surface area (Å²) in [6, 6.07) is 11.9. The van der Waals surface area contributed by atoms with Crippen LogP contribution in [-0.2, 0) is 22.6 Å². The van der Waals surface area contributed by atoms with Crippen LogP contribution in [0, 0.1) is 5.92 Å². The van der Waals surface area contributed by atoms with Crippen LogP contribution in [0.1, 0.15) is 48.5 Å². The minimum absolute atomic E-state index is 0.000493. The fourth-order valence-corrected chi connectivity index (χ4v) is 7.24. The van der Waals surface area contributed by atoms with Crippen molar-refractivity contribution in [1.29, 1.82) is 0 Å². The van der Waals surface area contributed by atoms with Gasteiger partial charge in [0.1, 0.15) is 0 Å². The SMILES string of the molecule is COc1cc2c(c(OC)c1OC)-c1ccc(NCC(=O)N3C[C@@H]4C[C@H](C3)c3cccc(=O)n3C4)c(=O)cc1[C@@H](NC(C)=O)CC2. The lowest BCUT2D eigenvalue weighted by atomic mass is 9.83. The van der Waals surface area contributed by atoms with Crippen LogP contribution in [0.3, 0.4) is 0 Å². The van der Waals surface area contributed by atoms with Gasteiger partial charge in [0, 0.05) is 49.8 Å². The number of ether oxygens (including phenoxy) is 3. The largest absolute Gasteiger partial charge is 0.493 e. The minimum atomic E-state index is -0.427. The van der Waals surface area contributed by atoms with Gasteiger partial charge in [-0.3, -0.25) is 19.2 Å². The number of fused-ring (bicyclic) bond motifs is 7. The van der Waals surface area contributed by atoms with Crippen molar-refractivity contribution >= 4 is 17.5 Å². The first-order chi connectivity index (χ1) is 21.7. The van der Waals surface area contributed by atoms with Gasteiger partial charge in [-0.25, -0.2) is 0 Å². The number of likely N-dealkylation sites (tertiary alicyclic amines) is 1. The summed E-state index contributed by atoms with van der Waals surface area (Å²) in [5.74, 6) is 1.42. The average Bonchev–Trinajstić information content (AvgIpc) is 3.27. The number of nitrogens with one attached hydrogen (secondary N) is 2. The monoisotopic (exact) mass is 614 g/mol. The van der Waals surface area contributed by atoms with Crippen molar-refractivity contribution in [2.75, 3.05) is 46.3 Å². The van der Waals surface area contributed by atoms with E-state index in [0.717, 1.165) is 23.2 Å². The van der Waals surface area contributed by atoms with Crippen molar-refractivity contribution in [2.24, 2.45) is 5.92 Å². The third-order valence-electron chi connectivity index (χ3n) is 9.18. The fourth-order valence-electron chi connectivity index (χ4n) is 7.24. The molecule has 2 aliphatic heterocycles. The van der Waals surface area contributed by atoms with Gasteiger partial charge < -0.3 is 34.3 Å². The molecule has 0 unspecified atom stereocenters. The number of pyridine rings is 1. The number of nitrogens with zero attached hydrogens (tertiary/aromatic N) is 2. The Labute approximate surface area is 261 Å². The maximum atomic E-state index is 13.6. The van der Waals surface area contributed by atoms with E-state index in [1.54, 1.807) is 39.5 Å². The summed E-state index contributed by atoms with van der Waals surface area (Å²) in [5.41, 5.74) is 4.00. The molecule has 3 atom stereocenters. The molecule has 3 aromatic rings. The van der Waals surface area contributed by atoms with Crippen molar-refractivity contribution in [3.05, 3.63) is 79.9 Å². The van der Waals surface area contributed by atoms with E-state index in [1.165, 1.54) is 13.0 Å². The molecule has 2 bridgehead atoms. The normalized spacial score (nSPS) is 19.6. The molecule has 1 aliphatic carbocycles. The summed E-state index contributed by atoms with van der Waals surface area (Å²) in [4.78, 5) is 53.5. The molecule has 1 aromatic heterocycles. The number of benzene rings is 1. The number of carbonyl (C=O) groups is 2. The molecule has 3 heterocycles. The lowest BCUT2D eigenvalue weighted by molar-refractivity contribution is -0.132. The van der Waals surface area contributed by atoms with Gasteiger partial charge in [0.15, 0.2) is 11.5 Å². The molecule has 3 aliphatic rings. The lowest BCUT2D eigenvalue weighted by Gasteiger charge is -2.42. The number of aromatic nitrogens is 1. The summed E-state index contributed by atoms with van der Waals surface area (Å²) in [5, 5.41) is 6.10. The molecule has 1 saturated heterocycles. The van der Waals surface area contributed by atoms with Gasteiger partial charge in [-0.2, -0.15) is 0 Å². The van der Waals surface area contributed by atoms with Crippen molar-refractivity contribution in [3.8, 4) is 28.4 Å². The van der Waals surface area contributed by atoms with Crippen LogP contribution in [0.4, 0.5) is 5.69 Å². The second-order valence-electron chi connectivity index (χ2n) is 11.9. The summed E-state index contributed by atoms with van der Waals surface area (Å²) in [7, 11) is 4.66. The van der Waals surface area contributed by atoms with Crippen molar-refractivity contribution in [1.82, 2.24) is 14.8 Å². The molecule has 0 saturated carbocycles. The van der Waals surface area contributed by atoms with Crippen molar-refractivity contribution < 1.29 is 23.8 Å². The van der Waals surface area contributed by atoms with E-state index in [1.807, 2.05) is 27.7 Å². The number of piperidine rings is 1. The molecule has 11 heteroatoms. The van der Waals surface area contributed by atoms with E-state index >= 15 is 0 Å². The molecule has 1 fully saturated rings. The molecule has 2 amide bonds. The standard InChI is InChI=1S/C34H38N4O7/c1-19(39)36-25-10-8-21-13-29(43-2)33(44-3)34(45-4)32(21)23-9-11-26(28(40)14-24(23)25)35-15-31(42)37-16-20-12-22(18-37)27-6-5-7-30(41)38(27)17-20/h5-7,9,11,13-14,20,22,25H,8,10,12,15-18H2,1-4H3,(H,35,40)(H,36,39)/t20-,22+,25-/m0/s1. The average molecular weight is 615 g/mol. The van der Waals surface area contributed by atoms with Crippen molar-refractivity contribution in [2.45, 2.75) is 44.7 Å². The van der Waals surface area contributed by atoms with E-state index in [9.17, 15) is 19.2 Å². The Hall–Kier alpha value is -4.80. The molecule has 2 aromatic carbocycles. The zero-order valence-electron chi connectivity index (χ0n) is 26.0. The van der Waals surface area contributed by atoms with Gasteiger partial charge in [0.05, 0.1) is 39.6 Å². The number of carbonyl (C=O) groups excluding carboxylic acids is 2. The van der Waals surface area contributed by atoms with Gasteiger partial charge in [0.2, 0.25) is 23.0 Å². The Morgan fingerprint density at radius 2 is 1.76 bits per heavy atom. The third-order valence-corrected chi connectivity index (χ3v) is 9.18. The zero-order chi connectivity index (χ0) is 31.8. The first kappa shape index (κ1) is 30.2. The van der Waals surface area contributed by atoms with Crippen molar-refractivity contribution in [3.63, 3.8) is 0 Å². The number of aryl methyl sites for hydroxylation is 1. The van der Waals surface area contributed by atoms with Crippen LogP contribution in [0.25, 0.3) is 11.1 Å². The summed E-state index contributed by atoms with van der Waals surface area (Å²) in [6.07, 6.45) is 2.10. The lowest BCUT2D eigenvalue weighted by Crippen LogP contribution is -2.50. The highest BCUT2D eigenvalue weighted by Gasteiger charge is 2.36. The Kier molecular flexibility index (Phi) is 8.26. The number of hydrogen-bond acceptors (Lipinski definition) is 8. The number of methoxy groups -OCH3 is 3.